The van der Waals surface area contributed by atoms with Gasteiger partial charge >= 0.3 is 0 Å². The van der Waals surface area contributed by atoms with Gasteiger partial charge in [0.1, 0.15) is 0 Å². The third-order valence-corrected chi connectivity index (χ3v) is 2.11. The number of nitrogens with two attached hydrogens (primary N) is 1. The van der Waals surface area contributed by atoms with E-state index in [-0.39, 0.29) is 0 Å². The lowest BCUT2D eigenvalue weighted by molar-refractivity contribution is 0.667. The van der Waals surface area contributed by atoms with Crippen molar-refractivity contribution in [3.05, 3.63) is 35.4 Å². The van der Waals surface area contributed by atoms with E-state index in [0.717, 1.165) is 5.92 Å². The monoisotopic (exact) mass is 403 g/mol. The molecule has 0 saturated heterocycles. The van der Waals surface area contributed by atoms with Crippen LogP contribution in [0.4, 0.5) is 0 Å². The summed E-state index contributed by atoms with van der Waals surface area (Å²) in [7, 11) is 1.50. The molecule has 1 atom stereocenters. The summed E-state index contributed by atoms with van der Waals surface area (Å²) in [6, 6.07) is 8.68. The van der Waals surface area contributed by atoms with E-state index in [1.54, 1.807) is 11.1 Å². The molecule has 74 valence electrons. The number of hydrogen-bond acceptors (Lipinski definition) is 1. The second-order valence-corrected chi connectivity index (χ2v) is 2.80. The third-order valence-electron chi connectivity index (χ3n) is 2.11. The number of benzene rings is 1. The van der Waals surface area contributed by atoms with Gasteiger partial charge in [-0.25, -0.2) is 0 Å². The van der Waals surface area contributed by atoms with E-state index in [1.807, 2.05) is 0 Å². The molecule has 0 bridgehead atoms. The second kappa shape index (κ2) is 7.99. The van der Waals surface area contributed by atoms with Crippen molar-refractivity contribution < 1.29 is 0 Å². The van der Waals surface area contributed by atoms with Crippen LogP contribution in [0.1, 0.15) is 24.0 Å². The van der Waals surface area contributed by atoms with Gasteiger partial charge in [0.15, 0.2) is 0 Å². The van der Waals surface area contributed by atoms with Gasteiger partial charge in [-0.1, -0.05) is 31.2 Å². The lowest BCUT2D eigenvalue weighted by Gasteiger charge is -2.25. The summed E-state index contributed by atoms with van der Waals surface area (Å²) in [5.74, 6) is 0.821. The van der Waals surface area contributed by atoms with Crippen LogP contribution in [-0.2, 0) is 6.42 Å². The van der Waals surface area contributed by atoms with E-state index in [1.165, 1.54) is 13.5 Å². The Kier molecular flexibility index (Phi) is 8.38. The smallest absolute Gasteiger partial charge is 0 e. The highest BCUT2D eigenvalue weighted by atomic mass is 128. The first-order valence-corrected chi connectivity index (χ1v) is 10.5. The lowest BCUT2D eigenvalue weighted by atomic mass is 9.79. The second-order valence-electron chi connectivity index (χ2n) is 2.80. The van der Waals surface area contributed by atoms with Gasteiger partial charge in [-0.15, -0.1) is 0 Å². The fourth-order valence-electron chi connectivity index (χ4n) is 1.51. The summed E-state index contributed by atoms with van der Waals surface area (Å²) < 4.78 is 0. The van der Waals surface area contributed by atoms with Crippen LogP contribution in [0.15, 0.2) is 24.3 Å². The molecule has 1 aliphatic rings. The Hall–Kier alpha value is 0.640. The molecule has 0 saturated carbocycles. The van der Waals surface area contributed by atoms with Crippen LogP contribution >= 0.6 is 37.2 Å². The third kappa shape index (κ3) is 3.71. The Bertz CT molecular complexity index is 238. The molecule has 1 aromatic carbocycles. The molecule has 0 heterocycles. The Labute approximate surface area is 104 Å². The van der Waals surface area contributed by atoms with Gasteiger partial charge in [0.2, 0.25) is 0 Å². The maximum absolute atomic E-state index is 4.50. The average Bonchev–Trinajstić information content (AvgIpc) is 2.23. The zero-order valence-corrected chi connectivity index (χ0v) is 12.2. The topological polar surface area (TPSA) is 26.0 Å². The molecule has 0 aliphatic heterocycles. The summed E-state index contributed by atoms with van der Waals surface area (Å²) in [5, 5.41) is 0. The van der Waals surface area contributed by atoms with Crippen molar-refractivity contribution in [3.8, 4) is 0 Å². The van der Waals surface area contributed by atoms with Crippen molar-refractivity contribution in [1.82, 2.24) is 0 Å². The minimum absolute atomic E-state index is 0.821. The van der Waals surface area contributed by atoms with Crippen molar-refractivity contribution in [2.24, 2.45) is 5.73 Å². The van der Waals surface area contributed by atoms with Crippen LogP contribution in [0, 0.1) is 0 Å². The molecule has 0 radical (unpaired) electrons. The van der Waals surface area contributed by atoms with Crippen molar-refractivity contribution in [2.75, 3.05) is 7.05 Å². The minimum Gasteiger partial charge on any atom is -0.333 e. The fourth-order valence-corrected chi connectivity index (χ4v) is 1.51. The number of fused-ring (bicyclic) bond motifs is 1. The van der Waals surface area contributed by atoms with Crippen LogP contribution < -0.4 is 5.73 Å². The van der Waals surface area contributed by atoms with E-state index in [2.05, 4.69) is 74.2 Å². The number of rotatable bonds is 0. The van der Waals surface area contributed by atoms with Gasteiger partial charge in [-0.2, -0.15) is 0 Å². The van der Waals surface area contributed by atoms with Gasteiger partial charge in [0.05, 0.1) is 0 Å². The molecule has 13 heavy (non-hydrogen) atoms. The van der Waals surface area contributed by atoms with Gasteiger partial charge in [0, 0.05) is 37.2 Å². The van der Waals surface area contributed by atoms with Crippen molar-refractivity contribution in [1.29, 1.82) is 0 Å². The lowest BCUT2D eigenvalue weighted by Crippen LogP contribution is -2.12. The molecule has 1 aliphatic carbocycles. The molecule has 0 amide bonds. The summed E-state index contributed by atoms with van der Waals surface area (Å²) in [6.45, 7) is 2.28. The SMILES string of the molecule is CC1Cc2ccccc21.CN.II. The summed E-state index contributed by atoms with van der Waals surface area (Å²) in [6.07, 6.45) is 1.29. The highest BCUT2D eigenvalue weighted by molar-refractivity contribution is 15.0. The predicted octanol–water partition coefficient (Wildman–Crippen LogP) is 3.69. The van der Waals surface area contributed by atoms with Crippen LogP contribution in [-0.4, -0.2) is 7.05 Å². The van der Waals surface area contributed by atoms with Gasteiger partial charge in [-0.3, -0.25) is 0 Å². The van der Waals surface area contributed by atoms with Crippen LogP contribution in [0.25, 0.3) is 0 Å². The van der Waals surface area contributed by atoms with Crippen molar-refractivity contribution >= 4 is 37.2 Å². The Morgan fingerprint density at radius 1 is 1.23 bits per heavy atom. The highest BCUT2D eigenvalue weighted by Crippen LogP contribution is 2.33. The first-order chi connectivity index (χ1) is 6.38. The Morgan fingerprint density at radius 2 is 1.77 bits per heavy atom. The van der Waals surface area contributed by atoms with Crippen LogP contribution in [0.3, 0.4) is 0 Å². The maximum Gasteiger partial charge on any atom is 0 e. The minimum atomic E-state index is 0.821. The van der Waals surface area contributed by atoms with Crippen LogP contribution in [0.5, 0.6) is 0 Å². The summed E-state index contributed by atoms with van der Waals surface area (Å²) in [5.41, 5.74) is 7.60. The first kappa shape index (κ1) is 13.6. The first-order valence-electron chi connectivity index (χ1n) is 4.18. The largest absolute Gasteiger partial charge is 0.333 e. The van der Waals surface area contributed by atoms with E-state index in [4.69, 9.17) is 0 Å². The zero-order chi connectivity index (χ0) is 10.3. The van der Waals surface area contributed by atoms with Crippen molar-refractivity contribution in [2.45, 2.75) is 19.3 Å². The van der Waals surface area contributed by atoms with E-state index >= 15 is 0 Å². The molecule has 0 fully saturated rings. The maximum atomic E-state index is 4.50. The van der Waals surface area contributed by atoms with Crippen molar-refractivity contribution in [3.63, 3.8) is 0 Å². The van der Waals surface area contributed by atoms with Gasteiger partial charge < -0.3 is 5.73 Å². The molecule has 1 nitrogen and oxygen atoms in total. The van der Waals surface area contributed by atoms with Gasteiger partial charge in [-0.05, 0) is 30.5 Å². The Morgan fingerprint density at radius 3 is 2.15 bits per heavy atom. The molecule has 0 aromatic heterocycles. The molecule has 1 unspecified atom stereocenters. The normalized spacial score (nSPS) is 16.5. The van der Waals surface area contributed by atoms with Crippen LogP contribution in [0.2, 0.25) is 0 Å². The molecule has 2 N–H and O–H groups in total. The molecule has 3 heteroatoms. The molecule has 1 aromatic rings. The zero-order valence-electron chi connectivity index (χ0n) is 7.93. The van der Waals surface area contributed by atoms with E-state index < -0.39 is 0 Å². The fraction of sp³-hybridized carbons (Fsp3) is 0.400. The molecule has 0 spiro atoms. The summed E-state index contributed by atoms with van der Waals surface area (Å²) in [4.78, 5) is 0. The molecular weight excluding hydrogens is 388 g/mol. The number of hydrogen-bond donors (Lipinski definition) is 1. The standard InChI is InChI=1S/C9H10.CH5N.I2/c1-7-6-8-4-2-3-5-9(7)8;2*1-2/h2-5,7H,6H2,1H3;2H2,1H3;. The quantitative estimate of drug-likeness (QED) is 0.658. The molecular formula is C10H15I2N. The average molecular weight is 403 g/mol. The molecule has 2 rings (SSSR count). The number of halogens is 2. The summed E-state index contributed by atoms with van der Waals surface area (Å²) >= 11 is 4.24. The van der Waals surface area contributed by atoms with Gasteiger partial charge in [0.25, 0.3) is 0 Å². The van der Waals surface area contributed by atoms with E-state index in [9.17, 15) is 0 Å². The highest BCUT2D eigenvalue weighted by Gasteiger charge is 2.19. The Balaban J connectivity index is 0.000000322. The van der Waals surface area contributed by atoms with E-state index in [0.29, 0.717) is 0 Å². The predicted molar refractivity (Wildman–Crippen MR) is 76.7 cm³/mol.